The number of ether oxygens (including phenoxy) is 2. The first-order valence-electron chi connectivity index (χ1n) is 10.6. The SMILES string of the molecule is COc1cc(B(O)O)cc(OC)c1CO[Si](c1ccccc1)(c1ccccc1)C(C)(C)C. The summed E-state index contributed by atoms with van der Waals surface area (Å²) in [6.07, 6.45) is 0. The van der Waals surface area contributed by atoms with Crippen LogP contribution >= 0.6 is 0 Å². The van der Waals surface area contributed by atoms with Crippen LogP contribution in [0.2, 0.25) is 5.04 Å². The Morgan fingerprint density at radius 3 is 1.56 bits per heavy atom. The van der Waals surface area contributed by atoms with Crippen molar-refractivity contribution in [2.75, 3.05) is 14.2 Å². The quantitative estimate of drug-likeness (QED) is 0.516. The van der Waals surface area contributed by atoms with Gasteiger partial charge in [-0.3, -0.25) is 0 Å². The molecule has 0 spiro atoms. The molecule has 7 heteroatoms. The first-order valence-corrected chi connectivity index (χ1v) is 12.5. The summed E-state index contributed by atoms with van der Waals surface area (Å²) in [6, 6.07) is 24.0. The summed E-state index contributed by atoms with van der Waals surface area (Å²) in [7, 11) is -1.27. The molecule has 3 aromatic rings. The fourth-order valence-corrected chi connectivity index (χ4v) is 8.75. The highest BCUT2D eigenvalue weighted by atomic mass is 28.4. The second kappa shape index (κ2) is 9.92. The molecular formula is C25H31BO5Si. The van der Waals surface area contributed by atoms with Gasteiger partial charge in [0, 0.05) is 0 Å². The smallest absolute Gasteiger partial charge is 0.488 e. The van der Waals surface area contributed by atoms with E-state index in [2.05, 4.69) is 45.0 Å². The molecule has 0 unspecified atom stereocenters. The first kappa shape index (κ1) is 24.1. The Balaban J connectivity index is 2.16. The van der Waals surface area contributed by atoms with Crippen molar-refractivity contribution in [1.82, 2.24) is 0 Å². The van der Waals surface area contributed by atoms with E-state index < -0.39 is 15.4 Å². The maximum atomic E-state index is 9.64. The third-order valence-electron chi connectivity index (χ3n) is 5.78. The zero-order valence-corrected chi connectivity index (χ0v) is 20.3. The highest BCUT2D eigenvalue weighted by Gasteiger charge is 2.50. The molecule has 0 aromatic heterocycles. The van der Waals surface area contributed by atoms with E-state index in [1.165, 1.54) is 10.4 Å². The molecule has 3 aromatic carbocycles. The molecule has 0 bridgehead atoms. The summed E-state index contributed by atoms with van der Waals surface area (Å²) >= 11 is 0. The van der Waals surface area contributed by atoms with Gasteiger partial charge < -0.3 is 23.9 Å². The molecule has 0 amide bonds. The van der Waals surface area contributed by atoms with Crippen molar-refractivity contribution in [2.45, 2.75) is 32.4 Å². The van der Waals surface area contributed by atoms with Crippen LogP contribution in [0.15, 0.2) is 72.8 Å². The lowest BCUT2D eigenvalue weighted by Crippen LogP contribution is -2.66. The average molecular weight is 450 g/mol. The highest BCUT2D eigenvalue weighted by Crippen LogP contribution is 2.38. The van der Waals surface area contributed by atoms with E-state index >= 15 is 0 Å². The van der Waals surface area contributed by atoms with Crippen LogP contribution in [0.25, 0.3) is 0 Å². The van der Waals surface area contributed by atoms with Gasteiger partial charge in [-0.05, 0) is 33.0 Å². The number of hydrogen-bond acceptors (Lipinski definition) is 5. The van der Waals surface area contributed by atoms with E-state index in [-0.39, 0.29) is 11.6 Å². The molecule has 0 fully saturated rings. The Morgan fingerprint density at radius 2 is 1.22 bits per heavy atom. The second-order valence-electron chi connectivity index (χ2n) is 8.73. The standard InChI is InChI=1S/C25H31BO5Si/c1-25(2,3)32(20-12-8-6-9-13-20,21-14-10-7-11-15-21)31-18-22-23(29-4)16-19(26(27)28)17-24(22)30-5/h6-17,27-28H,18H2,1-5H3. The molecule has 0 saturated heterocycles. The molecule has 3 rings (SSSR count). The summed E-state index contributed by atoms with van der Waals surface area (Å²) in [6.45, 7) is 6.91. The third kappa shape index (κ3) is 4.61. The topological polar surface area (TPSA) is 68.2 Å². The van der Waals surface area contributed by atoms with Crippen molar-refractivity contribution in [3.05, 3.63) is 78.4 Å². The van der Waals surface area contributed by atoms with Gasteiger partial charge in [-0.2, -0.15) is 0 Å². The Hall–Kier alpha value is -2.58. The lowest BCUT2D eigenvalue weighted by atomic mass is 9.79. The predicted octanol–water partition coefficient (Wildman–Crippen LogP) is 2.46. The fraction of sp³-hybridized carbons (Fsp3) is 0.280. The van der Waals surface area contributed by atoms with E-state index in [1.54, 1.807) is 26.4 Å². The van der Waals surface area contributed by atoms with Crippen molar-refractivity contribution < 1.29 is 23.9 Å². The van der Waals surface area contributed by atoms with Crippen molar-refractivity contribution in [3.8, 4) is 11.5 Å². The molecule has 0 aliphatic rings. The van der Waals surface area contributed by atoms with E-state index in [0.29, 0.717) is 17.0 Å². The fourth-order valence-electron chi connectivity index (χ4n) is 4.24. The van der Waals surface area contributed by atoms with Crippen LogP contribution < -0.4 is 25.3 Å². The van der Waals surface area contributed by atoms with Crippen molar-refractivity contribution >= 4 is 31.3 Å². The summed E-state index contributed by atoms with van der Waals surface area (Å²) < 4.78 is 18.1. The minimum atomic E-state index is -2.75. The van der Waals surface area contributed by atoms with Gasteiger partial charge in [0.05, 0.1) is 26.4 Å². The zero-order chi connectivity index (χ0) is 23.4. The van der Waals surface area contributed by atoms with Gasteiger partial charge in [0.25, 0.3) is 8.32 Å². The van der Waals surface area contributed by atoms with Crippen LogP contribution in [0, 0.1) is 0 Å². The van der Waals surface area contributed by atoms with Crippen LogP contribution in [0.4, 0.5) is 0 Å². The van der Waals surface area contributed by atoms with Crippen LogP contribution in [0.3, 0.4) is 0 Å². The van der Waals surface area contributed by atoms with E-state index in [0.717, 1.165) is 5.56 Å². The van der Waals surface area contributed by atoms with Gasteiger partial charge in [-0.15, -0.1) is 0 Å². The van der Waals surface area contributed by atoms with E-state index in [4.69, 9.17) is 13.9 Å². The molecule has 0 atom stereocenters. The summed E-state index contributed by atoms with van der Waals surface area (Å²) in [5, 5.41) is 21.5. The minimum Gasteiger partial charge on any atom is -0.496 e. The molecule has 5 nitrogen and oxygen atoms in total. The minimum absolute atomic E-state index is 0.169. The van der Waals surface area contributed by atoms with Crippen LogP contribution in [-0.2, 0) is 11.0 Å². The third-order valence-corrected chi connectivity index (χ3v) is 10.8. The van der Waals surface area contributed by atoms with Gasteiger partial charge in [-0.25, -0.2) is 0 Å². The zero-order valence-electron chi connectivity index (χ0n) is 19.3. The van der Waals surface area contributed by atoms with Gasteiger partial charge >= 0.3 is 7.12 Å². The second-order valence-corrected chi connectivity index (χ2v) is 13.0. The molecule has 2 N–H and O–H groups in total. The molecule has 0 aliphatic carbocycles. The highest BCUT2D eigenvalue weighted by molar-refractivity contribution is 6.99. The number of methoxy groups -OCH3 is 2. The van der Waals surface area contributed by atoms with Gasteiger partial charge in [0.2, 0.25) is 0 Å². The lowest BCUT2D eigenvalue weighted by Gasteiger charge is -2.43. The van der Waals surface area contributed by atoms with Crippen LogP contribution in [-0.4, -0.2) is 39.7 Å². The first-order chi connectivity index (χ1) is 15.2. The lowest BCUT2D eigenvalue weighted by molar-refractivity contribution is 0.270. The summed E-state index contributed by atoms with van der Waals surface area (Å²) in [5.74, 6) is 0.982. The Bertz CT molecular complexity index is 955. The molecule has 168 valence electrons. The summed E-state index contributed by atoms with van der Waals surface area (Å²) in [4.78, 5) is 0. The Labute approximate surface area is 191 Å². The normalized spacial score (nSPS) is 11.8. The molecule has 0 radical (unpaired) electrons. The van der Waals surface area contributed by atoms with E-state index in [9.17, 15) is 10.0 Å². The van der Waals surface area contributed by atoms with Crippen molar-refractivity contribution in [2.24, 2.45) is 0 Å². The molecular weight excluding hydrogens is 419 g/mol. The number of hydrogen-bond donors (Lipinski definition) is 2. The Kier molecular flexibility index (Phi) is 7.46. The Morgan fingerprint density at radius 1 is 0.781 bits per heavy atom. The van der Waals surface area contributed by atoms with E-state index in [1.807, 2.05) is 36.4 Å². The maximum Gasteiger partial charge on any atom is 0.488 e. The molecule has 0 aliphatic heterocycles. The summed E-state index contributed by atoms with van der Waals surface area (Å²) in [5.41, 5.74) is 1.03. The van der Waals surface area contributed by atoms with Crippen molar-refractivity contribution in [3.63, 3.8) is 0 Å². The largest absolute Gasteiger partial charge is 0.496 e. The predicted molar refractivity (Wildman–Crippen MR) is 132 cm³/mol. The molecule has 0 heterocycles. The maximum absolute atomic E-state index is 9.64. The van der Waals surface area contributed by atoms with Crippen LogP contribution in [0.5, 0.6) is 11.5 Å². The van der Waals surface area contributed by atoms with Crippen molar-refractivity contribution in [1.29, 1.82) is 0 Å². The average Bonchev–Trinajstić information content (AvgIpc) is 2.79. The molecule has 0 saturated carbocycles. The van der Waals surface area contributed by atoms with Crippen LogP contribution in [0.1, 0.15) is 26.3 Å². The number of rotatable bonds is 8. The number of benzene rings is 3. The molecule has 32 heavy (non-hydrogen) atoms. The monoisotopic (exact) mass is 450 g/mol. The van der Waals surface area contributed by atoms with Gasteiger partial charge in [0.15, 0.2) is 0 Å². The van der Waals surface area contributed by atoms with Gasteiger partial charge in [-0.1, -0.05) is 81.4 Å². The van der Waals surface area contributed by atoms with Gasteiger partial charge in [0.1, 0.15) is 11.5 Å².